The summed E-state index contributed by atoms with van der Waals surface area (Å²) < 4.78 is 42.0. The molecule has 0 spiro atoms. The van der Waals surface area contributed by atoms with Gasteiger partial charge in [-0.1, -0.05) is 53.5 Å². The van der Waals surface area contributed by atoms with Crippen LogP contribution in [0.3, 0.4) is 0 Å². The van der Waals surface area contributed by atoms with Gasteiger partial charge in [0.25, 0.3) is 5.91 Å². The molecule has 2 aromatic carbocycles. The van der Waals surface area contributed by atoms with Gasteiger partial charge in [-0.2, -0.15) is 8.78 Å². The Morgan fingerprint density at radius 3 is 2.61 bits per heavy atom. The van der Waals surface area contributed by atoms with E-state index in [1.807, 2.05) is 30.3 Å². The van der Waals surface area contributed by atoms with Crippen molar-refractivity contribution in [1.29, 1.82) is 0 Å². The third-order valence-electron chi connectivity index (χ3n) is 6.04. The van der Waals surface area contributed by atoms with Gasteiger partial charge >= 0.3 is 12.6 Å². The molecule has 1 amide bonds. The molecule has 1 aliphatic heterocycles. The van der Waals surface area contributed by atoms with Gasteiger partial charge in [0.1, 0.15) is 12.4 Å². The van der Waals surface area contributed by atoms with Crippen LogP contribution in [0.15, 0.2) is 42.5 Å². The van der Waals surface area contributed by atoms with E-state index in [1.165, 1.54) is 18.1 Å². The van der Waals surface area contributed by atoms with Crippen molar-refractivity contribution < 1.29 is 32.6 Å². The van der Waals surface area contributed by atoms with Crippen molar-refractivity contribution in [2.75, 3.05) is 13.7 Å². The van der Waals surface area contributed by atoms with Crippen molar-refractivity contribution in [3.05, 3.63) is 86.0 Å². The minimum absolute atomic E-state index is 0.0756. The average molecular weight is 565 g/mol. The van der Waals surface area contributed by atoms with Gasteiger partial charge in [-0.05, 0) is 36.1 Å². The summed E-state index contributed by atoms with van der Waals surface area (Å²) in [6, 6.07) is 12.2. The van der Waals surface area contributed by atoms with Crippen molar-refractivity contribution in [2.45, 2.75) is 39.5 Å². The van der Waals surface area contributed by atoms with Gasteiger partial charge in [-0.15, -0.1) is 0 Å². The molecule has 0 fully saturated rings. The van der Waals surface area contributed by atoms with Crippen molar-refractivity contribution in [3.8, 4) is 11.6 Å². The number of carbonyl (C=O) groups is 2. The lowest BCUT2D eigenvalue weighted by atomic mass is 9.95. The third-order valence-corrected chi connectivity index (χ3v) is 6.81. The number of carbonyl (C=O) groups excluding carboxylic acids is 2. The first-order valence-corrected chi connectivity index (χ1v) is 12.4. The normalized spacial score (nSPS) is 12.9. The molecule has 3 aromatic rings. The fourth-order valence-electron chi connectivity index (χ4n) is 4.22. The minimum Gasteiger partial charge on any atom is -0.472 e. The summed E-state index contributed by atoms with van der Waals surface area (Å²) in [6.07, 6.45) is 0.198. The minimum atomic E-state index is -3.09. The SMILES string of the molecule is COC(=O)Cc1cc(Cl)c2c(c1Cl)C(=O)N(Cc1c(OC(F)F)cc(C)nc1OCc1ccccc1)CC2. The summed E-state index contributed by atoms with van der Waals surface area (Å²) in [5, 5.41) is 0.401. The molecule has 1 aliphatic rings. The summed E-state index contributed by atoms with van der Waals surface area (Å²) in [6.45, 7) is -1.23. The van der Waals surface area contributed by atoms with Crippen LogP contribution >= 0.6 is 23.2 Å². The molecule has 0 saturated carbocycles. The molecule has 7 nitrogen and oxygen atoms in total. The van der Waals surface area contributed by atoms with E-state index in [0.29, 0.717) is 28.3 Å². The largest absolute Gasteiger partial charge is 0.472 e. The average Bonchev–Trinajstić information content (AvgIpc) is 2.88. The predicted octanol–water partition coefficient (Wildman–Crippen LogP) is 5.79. The van der Waals surface area contributed by atoms with Crippen molar-refractivity contribution in [3.63, 3.8) is 0 Å². The van der Waals surface area contributed by atoms with E-state index in [2.05, 4.69) is 4.98 Å². The molecule has 0 bridgehead atoms. The van der Waals surface area contributed by atoms with Gasteiger partial charge in [-0.3, -0.25) is 9.59 Å². The molecule has 38 heavy (non-hydrogen) atoms. The number of alkyl halides is 2. The maximum absolute atomic E-state index is 13.6. The highest BCUT2D eigenvalue weighted by atomic mass is 35.5. The second-order valence-corrected chi connectivity index (χ2v) is 9.40. The van der Waals surface area contributed by atoms with Crippen LogP contribution in [0.2, 0.25) is 10.0 Å². The number of aryl methyl sites for hydroxylation is 1. The Morgan fingerprint density at radius 1 is 1.18 bits per heavy atom. The zero-order chi connectivity index (χ0) is 27.4. The number of esters is 1. The summed E-state index contributed by atoms with van der Waals surface area (Å²) in [7, 11) is 1.25. The summed E-state index contributed by atoms with van der Waals surface area (Å²) >= 11 is 13.0. The molecule has 0 aliphatic carbocycles. The number of rotatable bonds is 9. The molecular weight excluding hydrogens is 541 g/mol. The molecule has 0 N–H and O–H groups in total. The van der Waals surface area contributed by atoms with Crippen LogP contribution in [0, 0.1) is 6.92 Å². The number of aromatic nitrogens is 1. The van der Waals surface area contributed by atoms with E-state index in [4.69, 9.17) is 37.4 Å². The van der Waals surface area contributed by atoms with E-state index in [1.54, 1.807) is 13.0 Å². The Morgan fingerprint density at radius 2 is 1.92 bits per heavy atom. The topological polar surface area (TPSA) is 78.0 Å². The van der Waals surface area contributed by atoms with Crippen LogP contribution in [-0.2, 0) is 35.5 Å². The van der Waals surface area contributed by atoms with Gasteiger partial charge in [0.05, 0.1) is 36.2 Å². The van der Waals surface area contributed by atoms with Crippen molar-refractivity contribution in [2.24, 2.45) is 0 Å². The maximum Gasteiger partial charge on any atom is 0.387 e. The van der Waals surface area contributed by atoms with Gasteiger partial charge in [0.15, 0.2) is 0 Å². The first-order chi connectivity index (χ1) is 18.2. The van der Waals surface area contributed by atoms with Crippen LogP contribution in [-0.4, -0.2) is 42.0 Å². The number of methoxy groups -OCH3 is 1. The van der Waals surface area contributed by atoms with Gasteiger partial charge in [0, 0.05) is 23.3 Å². The number of fused-ring (bicyclic) bond motifs is 1. The first-order valence-electron chi connectivity index (χ1n) is 11.7. The number of hydrogen-bond donors (Lipinski definition) is 0. The summed E-state index contributed by atoms with van der Waals surface area (Å²) in [4.78, 5) is 31.3. The second-order valence-electron chi connectivity index (χ2n) is 8.61. The second kappa shape index (κ2) is 12.0. The Balaban J connectivity index is 1.69. The molecule has 0 unspecified atom stereocenters. The summed E-state index contributed by atoms with van der Waals surface area (Å²) in [5.41, 5.74) is 2.51. The zero-order valence-electron chi connectivity index (χ0n) is 20.6. The van der Waals surface area contributed by atoms with Crippen molar-refractivity contribution >= 4 is 35.1 Å². The highest BCUT2D eigenvalue weighted by Gasteiger charge is 2.32. The quantitative estimate of drug-likeness (QED) is 0.306. The molecule has 200 valence electrons. The van der Waals surface area contributed by atoms with E-state index in [-0.39, 0.29) is 53.9 Å². The van der Waals surface area contributed by atoms with Crippen LogP contribution in [0.1, 0.15) is 38.3 Å². The lowest BCUT2D eigenvalue weighted by molar-refractivity contribution is -0.139. The number of amides is 1. The predicted molar refractivity (Wildman–Crippen MR) is 137 cm³/mol. The van der Waals surface area contributed by atoms with E-state index in [0.717, 1.165) is 5.56 Å². The smallest absolute Gasteiger partial charge is 0.387 e. The third kappa shape index (κ3) is 6.16. The number of pyridine rings is 1. The zero-order valence-corrected chi connectivity index (χ0v) is 22.1. The standard InChI is InChI=1S/C27H24Cl2F2N2O5/c1-15-10-21(38-27(30)31)19(25(32-15)37-14-16-6-4-3-5-7-16)13-33-9-8-18-20(28)11-17(12-22(34)36-2)24(29)23(18)26(33)35/h3-7,10-11,27H,8-9,12-14H2,1-2H3. The molecule has 0 radical (unpaired) electrons. The Hall–Kier alpha value is -3.43. The van der Waals surface area contributed by atoms with E-state index >= 15 is 0 Å². The van der Waals surface area contributed by atoms with E-state index < -0.39 is 18.5 Å². The number of nitrogens with zero attached hydrogens (tertiary/aromatic N) is 2. The number of hydrogen-bond acceptors (Lipinski definition) is 6. The van der Waals surface area contributed by atoms with Crippen LogP contribution in [0.25, 0.3) is 0 Å². The van der Waals surface area contributed by atoms with E-state index in [9.17, 15) is 18.4 Å². The molecular formula is C27H24Cl2F2N2O5. The molecule has 2 heterocycles. The highest BCUT2D eigenvalue weighted by molar-refractivity contribution is 6.37. The molecule has 0 saturated heterocycles. The highest BCUT2D eigenvalue weighted by Crippen LogP contribution is 2.37. The molecule has 11 heteroatoms. The Labute approximate surface area is 228 Å². The number of benzene rings is 2. The lowest BCUT2D eigenvalue weighted by Crippen LogP contribution is -2.38. The first kappa shape index (κ1) is 27.6. The Bertz CT molecular complexity index is 1360. The molecule has 4 rings (SSSR count). The van der Waals surface area contributed by atoms with Crippen molar-refractivity contribution in [1.82, 2.24) is 9.88 Å². The van der Waals surface area contributed by atoms with Gasteiger partial charge < -0.3 is 19.1 Å². The van der Waals surface area contributed by atoms with Gasteiger partial charge in [0.2, 0.25) is 5.88 Å². The molecule has 1 aromatic heterocycles. The fraction of sp³-hybridized carbons (Fsp3) is 0.296. The van der Waals surface area contributed by atoms with Crippen LogP contribution < -0.4 is 9.47 Å². The van der Waals surface area contributed by atoms with Gasteiger partial charge in [-0.25, -0.2) is 4.98 Å². The monoisotopic (exact) mass is 564 g/mol. The Kier molecular flexibility index (Phi) is 8.69. The molecule has 0 atom stereocenters. The number of halogens is 4. The summed E-state index contributed by atoms with van der Waals surface area (Å²) in [5.74, 6) is -1.07. The lowest BCUT2D eigenvalue weighted by Gasteiger charge is -2.31. The van der Waals surface area contributed by atoms with Crippen LogP contribution in [0.4, 0.5) is 8.78 Å². The number of ether oxygens (including phenoxy) is 3. The fourth-order valence-corrected chi connectivity index (χ4v) is 4.86. The maximum atomic E-state index is 13.6. The van der Waals surface area contributed by atoms with Crippen LogP contribution in [0.5, 0.6) is 11.6 Å².